The molecule has 2 aliphatic rings. The van der Waals surface area contributed by atoms with Crippen LogP contribution >= 0.6 is 11.6 Å². The van der Waals surface area contributed by atoms with Gasteiger partial charge in [-0.25, -0.2) is 0 Å². The molecule has 2 fully saturated rings. The molecule has 1 aliphatic carbocycles. The van der Waals surface area contributed by atoms with Crippen molar-refractivity contribution in [2.45, 2.75) is 30.6 Å². The van der Waals surface area contributed by atoms with Crippen molar-refractivity contribution >= 4 is 11.6 Å². The van der Waals surface area contributed by atoms with E-state index in [0.717, 1.165) is 19.1 Å². The van der Waals surface area contributed by atoms with Gasteiger partial charge in [-0.05, 0) is 18.8 Å². The fraction of sp³-hybridized carbons (Fsp3) is 1.00. The van der Waals surface area contributed by atoms with Gasteiger partial charge in [-0.1, -0.05) is 12.8 Å². The van der Waals surface area contributed by atoms with E-state index in [4.69, 9.17) is 16.3 Å². The lowest BCUT2D eigenvalue weighted by Crippen LogP contribution is -2.49. The summed E-state index contributed by atoms with van der Waals surface area (Å²) in [5.74, 6) is 0.753. The Bertz CT molecular complexity index is 125. The Balaban J connectivity index is 1.96. The molecule has 1 nitrogen and oxygen atoms in total. The number of rotatable bonds is 1. The van der Waals surface area contributed by atoms with Gasteiger partial charge in [0, 0.05) is 0 Å². The van der Waals surface area contributed by atoms with E-state index in [1.807, 2.05) is 0 Å². The molecule has 0 aromatic carbocycles. The van der Waals surface area contributed by atoms with Crippen LogP contribution in [0.25, 0.3) is 0 Å². The lowest BCUT2D eigenvalue weighted by molar-refractivity contribution is -0.0387. The van der Waals surface area contributed by atoms with E-state index in [1.165, 1.54) is 25.7 Å². The maximum Gasteiger partial charge on any atom is 0.0939 e. The van der Waals surface area contributed by atoms with Crippen LogP contribution in [-0.4, -0.2) is 18.1 Å². The van der Waals surface area contributed by atoms with E-state index in [0.29, 0.717) is 0 Å². The zero-order chi connectivity index (χ0) is 7.03. The Hall–Kier alpha value is 0.250. The van der Waals surface area contributed by atoms with Crippen LogP contribution in [0.3, 0.4) is 0 Å². The Morgan fingerprint density at radius 3 is 2.20 bits per heavy atom. The minimum atomic E-state index is 0.0521. The first-order chi connectivity index (χ1) is 4.81. The first-order valence-electron chi connectivity index (χ1n) is 4.08. The van der Waals surface area contributed by atoms with Gasteiger partial charge in [0.05, 0.1) is 18.1 Å². The highest BCUT2D eigenvalue weighted by molar-refractivity contribution is 6.25. The maximum atomic E-state index is 6.29. The van der Waals surface area contributed by atoms with Crippen molar-refractivity contribution in [3.63, 3.8) is 0 Å². The number of hydrogen-bond donors (Lipinski definition) is 0. The molecule has 0 N–H and O–H groups in total. The minimum absolute atomic E-state index is 0.0521. The van der Waals surface area contributed by atoms with Crippen molar-refractivity contribution in [1.29, 1.82) is 0 Å². The molecule has 1 saturated heterocycles. The standard InChI is InChI=1S/C8H13ClO/c9-8(5-10-6-8)7-3-1-2-4-7/h7H,1-6H2. The van der Waals surface area contributed by atoms with Gasteiger partial charge in [0.2, 0.25) is 0 Å². The molecule has 2 heteroatoms. The van der Waals surface area contributed by atoms with E-state index in [1.54, 1.807) is 0 Å². The van der Waals surface area contributed by atoms with Gasteiger partial charge in [-0.15, -0.1) is 11.6 Å². The topological polar surface area (TPSA) is 9.23 Å². The molecule has 1 aliphatic heterocycles. The van der Waals surface area contributed by atoms with Gasteiger partial charge in [0.25, 0.3) is 0 Å². The van der Waals surface area contributed by atoms with Crippen molar-refractivity contribution in [2.24, 2.45) is 5.92 Å². The molecular weight excluding hydrogens is 148 g/mol. The van der Waals surface area contributed by atoms with Crippen LogP contribution in [0.5, 0.6) is 0 Å². The van der Waals surface area contributed by atoms with E-state index in [-0.39, 0.29) is 4.87 Å². The van der Waals surface area contributed by atoms with Gasteiger partial charge >= 0.3 is 0 Å². The molecule has 0 bridgehead atoms. The van der Waals surface area contributed by atoms with Crippen molar-refractivity contribution < 1.29 is 4.74 Å². The van der Waals surface area contributed by atoms with Crippen LogP contribution in [-0.2, 0) is 4.74 Å². The quantitative estimate of drug-likeness (QED) is 0.535. The van der Waals surface area contributed by atoms with Crippen LogP contribution in [0.4, 0.5) is 0 Å². The number of alkyl halides is 1. The summed E-state index contributed by atoms with van der Waals surface area (Å²) < 4.78 is 5.12. The van der Waals surface area contributed by atoms with Crippen LogP contribution in [0.15, 0.2) is 0 Å². The molecule has 0 spiro atoms. The van der Waals surface area contributed by atoms with E-state index < -0.39 is 0 Å². The normalized spacial score (nSPS) is 32.1. The molecule has 1 heterocycles. The SMILES string of the molecule is ClC1(C2CCCC2)COC1. The summed E-state index contributed by atoms with van der Waals surface area (Å²) in [7, 11) is 0. The van der Waals surface area contributed by atoms with Crippen LogP contribution in [0.1, 0.15) is 25.7 Å². The second kappa shape index (κ2) is 2.38. The van der Waals surface area contributed by atoms with E-state index >= 15 is 0 Å². The maximum absolute atomic E-state index is 6.29. The third-order valence-electron chi connectivity index (χ3n) is 2.77. The van der Waals surface area contributed by atoms with Gasteiger partial charge in [0.1, 0.15) is 0 Å². The fourth-order valence-electron chi connectivity index (χ4n) is 1.98. The van der Waals surface area contributed by atoms with Crippen molar-refractivity contribution in [3.05, 3.63) is 0 Å². The number of ether oxygens (including phenoxy) is 1. The van der Waals surface area contributed by atoms with Gasteiger partial charge < -0.3 is 4.74 Å². The average molecular weight is 161 g/mol. The number of hydrogen-bond acceptors (Lipinski definition) is 1. The second-order valence-corrected chi connectivity index (χ2v) is 4.26. The highest BCUT2D eigenvalue weighted by Crippen LogP contribution is 2.42. The zero-order valence-corrected chi connectivity index (χ0v) is 6.86. The summed E-state index contributed by atoms with van der Waals surface area (Å²) in [6.45, 7) is 1.58. The summed E-state index contributed by atoms with van der Waals surface area (Å²) in [4.78, 5) is 0.0521. The second-order valence-electron chi connectivity index (χ2n) is 3.51. The molecule has 10 heavy (non-hydrogen) atoms. The summed E-state index contributed by atoms with van der Waals surface area (Å²) in [6.07, 6.45) is 5.40. The van der Waals surface area contributed by atoms with Crippen molar-refractivity contribution in [2.75, 3.05) is 13.2 Å². The smallest absolute Gasteiger partial charge is 0.0939 e. The Morgan fingerprint density at radius 2 is 1.80 bits per heavy atom. The molecule has 58 valence electrons. The number of halogens is 1. The van der Waals surface area contributed by atoms with Crippen LogP contribution in [0.2, 0.25) is 0 Å². The molecule has 0 unspecified atom stereocenters. The Labute approximate surface area is 66.7 Å². The van der Waals surface area contributed by atoms with E-state index in [9.17, 15) is 0 Å². The third kappa shape index (κ3) is 0.960. The summed E-state index contributed by atoms with van der Waals surface area (Å²) >= 11 is 6.29. The lowest BCUT2D eigenvalue weighted by atomic mass is 9.88. The third-order valence-corrected chi connectivity index (χ3v) is 3.30. The molecule has 0 atom stereocenters. The largest absolute Gasteiger partial charge is 0.378 e. The van der Waals surface area contributed by atoms with Crippen molar-refractivity contribution in [1.82, 2.24) is 0 Å². The van der Waals surface area contributed by atoms with E-state index in [2.05, 4.69) is 0 Å². The molecule has 0 aromatic heterocycles. The van der Waals surface area contributed by atoms with Crippen LogP contribution in [0, 0.1) is 5.92 Å². The zero-order valence-electron chi connectivity index (χ0n) is 6.11. The van der Waals surface area contributed by atoms with Crippen molar-refractivity contribution in [3.8, 4) is 0 Å². The fourth-order valence-corrected chi connectivity index (χ4v) is 2.35. The molecule has 0 radical (unpaired) electrons. The summed E-state index contributed by atoms with van der Waals surface area (Å²) in [5, 5.41) is 0. The molecular formula is C8H13ClO. The molecule has 0 aromatic rings. The minimum Gasteiger partial charge on any atom is -0.378 e. The highest BCUT2D eigenvalue weighted by Gasteiger charge is 2.44. The predicted octanol–water partition coefficient (Wildman–Crippen LogP) is 2.18. The average Bonchev–Trinajstić information content (AvgIpc) is 2.33. The first kappa shape index (κ1) is 6.93. The lowest BCUT2D eigenvalue weighted by Gasteiger charge is -2.40. The Kier molecular flexibility index (Phi) is 1.65. The van der Waals surface area contributed by atoms with Crippen LogP contribution < -0.4 is 0 Å². The monoisotopic (exact) mass is 160 g/mol. The first-order valence-corrected chi connectivity index (χ1v) is 4.46. The predicted molar refractivity (Wildman–Crippen MR) is 41.4 cm³/mol. The molecule has 2 rings (SSSR count). The van der Waals surface area contributed by atoms with Gasteiger partial charge in [-0.2, -0.15) is 0 Å². The summed E-state index contributed by atoms with van der Waals surface area (Å²) in [5.41, 5.74) is 0. The van der Waals surface area contributed by atoms with Gasteiger partial charge in [-0.3, -0.25) is 0 Å². The Morgan fingerprint density at radius 1 is 1.20 bits per heavy atom. The molecule has 1 saturated carbocycles. The summed E-state index contributed by atoms with van der Waals surface area (Å²) in [6, 6.07) is 0. The van der Waals surface area contributed by atoms with Gasteiger partial charge in [0.15, 0.2) is 0 Å². The molecule has 0 amide bonds. The highest BCUT2D eigenvalue weighted by atomic mass is 35.5.